The van der Waals surface area contributed by atoms with E-state index in [1.807, 2.05) is 37.6 Å². The van der Waals surface area contributed by atoms with Crippen LogP contribution in [0.2, 0.25) is 0 Å². The van der Waals surface area contributed by atoms with Crippen LogP contribution in [0.25, 0.3) is 0 Å². The molecule has 0 aliphatic rings. The number of hydrogen-bond acceptors (Lipinski definition) is 2. The minimum Gasteiger partial charge on any atom is -0.320 e. The number of hydrogen-bond donors (Lipinski definition) is 0. The van der Waals surface area contributed by atoms with Gasteiger partial charge in [0.2, 0.25) is 5.82 Å². The van der Waals surface area contributed by atoms with Gasteiger partial charge in [-0.3, -0.25) is 0 Å². The lowest BCUT2D eigenvalue weighted by Crippen LogP contribution is -2.01. The highest BCUT2D eigenvalue weighted by molar-refractivity contribution is 5.16. The van der Waals surface area contributed by atoms with Crippen LogP contribution in [0.15, 0.2) is 6.20 Å². The largest absolute Gasteiger partial charge is 0.320 e. The van der Waals surface area contributed by atoms with Crippen molar-refractivity contribution >= 4 is 0 Å². The molecular formula is C8H11N3. The van der Waals surface area contributed by atoms with Crippen LogP contribution in [0.5, 0.6) is 0 Å². The summed E-state index contributed by atoms with van der Waals surface area (Å²) < 4.78 is 1.87. The van der Waals surface area contributed by atoms with Crippen LogP contribution in [0.3, 0.4) is 0 Å². The van der Waals surface area contributed by atoms with E-state index in [9.17, 15) is 0 Å². The first kappa shape index (κ1) is 7.80. The molecule has 0 radical (unpaired) electrons. The molecule has 0 unspecified atom stereocenters. The van der Waals surface area contributed by atoms with E-state index >= 15 is 0 Å². The molecule has 0 fully saturated rings. The molecule has 0 saturated carbocycles. The van der Waals surface area contributed by atoms with Gasteiger partial charge in [-0.25, -0.2) is 4.98 Å². The monoisotopic (exact) mass is 149 g/mol. The molecular weight excluding hydrogens is 138 g/mol. The first-order valence-corrected chi connectivity index (χ1v) is 3.60. The molecule has 0 spiro atoms. The third kappa shape index (κ3) is 1.40. The Bertz CT molecular complexity index is 291. The van der Waals surface area contributed by atoms with E-state index in [0.717, 1.165) is 5.69 Å². The second-order valence-electron chi connectivity index (χ2n) is 2.82. The minimum absolute atomic E-state index is 0.311. The third-order valence-corrected chi connectivity index (χ3v) is 1.51. The fourth-order valence-corrected chi connectivity index (χ4v) is 0.992. The summed E-state index contributed by atoms with van der Waals surface area (Å²) in [6.07, 6.45) is 1.89. The Kier molecular flexibility index (Phi) is 1.95. The van der Waals surface area contributed by atoms with Gasteiger partial charge in [0, 0.05) is 12.2 Å². The fraction of sp³-hybridized carbons (Fsp3) is 0.500. The summed E-state index contributed by atoms with van der Waals surface area (Å²) in [5.41, 5.74) is 0.898. The van der Waals surface area contributed by atoms with E-state index in [4.69, 9.17) is 5.26 Å². The van der Waals surface area contributed by atoms with Crippen LogP contribution in [0, 0.1) is 18.3 Å². The molecule has 0 saturated heterocycles. The molecule has 0 aliphatic carbocycles. The fourth-order valence-electron chi connectivity index (χ4n) is 0.992. The topological polar surface area (TPSA) is 41.6 Å². The van der Waals surface area contributed by atoms with Crippen molar-refractivity contribution in [2.45, 2.75) is 26.8 Å². The summed E-state index contributed by atoms with van der Waals surface area (Å²) >= 11 is 0. The predicted molar refractivity (Wildman–Crippen MR) is 42.1 cm³/mol. The van der Waals surface area contributed by atoms with Gasteiger partial charge in [-0.2, -0.15) is 5.26 Å². The summed E-state index contributed by atoms with van der Waals surface area (Å²) in [6, 6.07) is 2.36. The molecule has 1 rings (SSSR count). The Hall–Kier alpha value is -1.30. The SMILES string of the molecule is Cc1cn(C(C)C)c(C#N)n1. The average molecular weight is 149 g/mol. The highest BCUT2D eigenvalue weighted by Crippen LogP contribution is 2.09. The number of rotatable bonds is 1. The van der Waals surface area contributed by atoms with Crippen LogP contribution in [0.4, 0.5) is 0 Å². The molecule has 1 heterocycles. The second-order valence-corrected chi connectivity index (χ2v) is 2.82. The lowest BCUT2D eigenvalue weighted by atomic mass is 10.4. The number of imidazole rings is 1. The first-order chi connectivity index (χ1) is 5.15. The van der Waals surface area contributed by atoms with E-state index in [-0.39, 0.29) is 0 Å². The van der Waals surface area contributed by atoms with Crippen LogP contribution in [-0.2, 0) is 0 Å². The van der Waals surface area contributed by atoms with Crippen molar-refractivity contribution in [1.82, 2.24) is 9.55 Å². The summed E-state index contributed by atoms with van der Waals surface area (Å²) in [6.45, 7) is 5.95. The maximum Gasteiger partial charge on any atom is 0.213 e. The van der Waals surface area contributed by atoms with Gasteiger partial charge in [0.25, 0.3) is 0 Å². The molecule has 3 heteroatoms. The zero-order chi connectivity index (χ0) is 8.43. The van der Waals surface area contributed by atoms with E-state index in [1.54, 1.807) is 0 Å². The zero-order valence-corrected chi connectivity index (χ0v) is 7.00. The third-order valence-electron chi connectivity index (χ3n) is 1.51. The highest BCUT2D eigenvalue weighted by atomic mass is 15.1. The van der Waals surface area contributed by atoms with Gasteiger partial charge in [-0.1, -0.05) is 0 Å². The molecule has 3 nitrogen and oxygen atoms in total. The van der Waals surface area contributed by atoms with Crippen molar-refractivity contribution in [2.24, 2.45) is 0 Å². The van der Waals surface area contributed by atoms with Gasteiger partial charge in [-0.15, -0.1) is 0 Å². The molecule has 0 bridgehead atoms. The van der Waals surface area contributed by atoms with Gasteiger partial charge in [0.15, 0.2) is 0 Å². The van der Waals surface area contributed by atoms with Gasteiger partial charge in [-0.05, 0) is 20.8 Å². The Balaban J connectivity index is 3.15. The van der Waals surface area contributed by atoms with Gasteiger partial charge < -0.3 is 4.57 Å². The van der Waals surface area contributed by atoms with E-state index < -0.39 is 0 Å². The van der Waals surface area contributed by atoms with Gasteiger partial charge >= 0.3 is 0 Å². The Labute approximate surface area is 66.3 Å². The van der Waals surface area contributed by atoms with Crippen molar-refractivity contribution in [1.29, 1.82) is 5.26 Å². The summed E-state index contributed by atoms with van der Waals surface area (Å²) in [5, 5.41) is 8.65. The molecule has 0 atom stereocenters. The Morgan fingerprint density at radius 3 is 2.64 bits per heavy atom. The van der Waals surface area contributed by atoms with E-state index in [2.05, 4.69) is 4.98 Å². The van der Waals surface area contributed by atoms with Crippen LogP contribution in [-0.4, -0.2) is 9.55 Å². The summed E-state index contributed by atoms with van der Waals surface area (Å²) in [4.78, 5) is 4.05. The maximum absolute atomic E-state index is 8.65. The molecule has 1 aromatic rings. The van der Waals surface area contributed by atoms with Crippen molar-refractivity contribution in [3.63, 3.8) is 0 Å². The highest BCUT2D eigenvalue weighted by Gasteiger charge is 2.06. The molecule has 0 amide bonds. The van der Waals surface area contributed by atoms with Crippen molar-refractivity contribution < 1.29 is 0 Å². The Morgan fingerprint density at radius 1 is 1.64 bits per heavy atom. The van der Waals surface area contributed by atoms with Crippen LogP contribution in [0.1, 0.15) is 31.4 Å². The number of aromatic nitrogens is 2. The summed E-state index contributed by atoms with van der Waals surface area (Å²) in [5.74, 6) is 0.498. The number of nitriles is 1. The van der Waals surface area contributed by atoms with Crippen molar-refractivity contribution in [3.05, 3.63) is 17.7 Å². The smallest absolute Gasteiger partial charge is 0.213 e. The Morgan fingerprint density at radius 2 is 2.27 bits per heavy atom. The first-order valence-electron chi connectivity index (χ1n) is 3.60. The average Bonchev–Trinajstić information content (AvgIpc) is 2.30. The van der Waals surface area contributed by atoms with Crippen molar-refractivity contribution in [2.75, 3.05) is 0 Å². The normalized spacial score (nSPS) is 10.1. The molecule has 58 valence electrons. The second kappa shape index (κ2) is 2.75. The number of nitrogens with zero attached hydrogens (tertiary/aromatic N) is 3. The van der Waals surface area contributed by atoms with Crippen molar-refractivity contribution in [3.8, 4) is 6.07 Å². The molecule has 11 heavy (non-hydrogen) atoms. The quantitative estimate of drug-likeness (QED) is 0.609. The molecule has 0 aromatic carbocycles. The van der Waals surface area contributed by atoms with E-state index in [0.29, 0.717) is 11.9 Å². The molecule has 1 aromatic heterocycles. The minimum atomic E-state index is 0.311. The maximum atomic E-state index is 8.65. The number of aryl methyl sites for hydroxylation is 1. The predicted octanol–water partition coefficient (Wildman–Crippen LogP) is 1.64. The van der Waals surface area contributed by atoms with Gasteiger partial charge in [0.05, 0.1) is 5.69 Å². The van der Waals surface area contributed by atoms with E-state index in [1.165, 1.54) is 0 Å². The lowest BCUT2D eigenvalue weighted by Gasteiger charge is -2.05. The van der Waals surface area contributed by atoms with Crippen LogP contribution < -0.4 is 0 Å². The zero-order valence-electron chi connectivity index (χ0n) is 7.00. The molecule has 0 N–H and O–H groups in total. The lowest BCUT2D eigenvalue weighted by molar-refractivity contribution is 0.592. The molecule has 0 aliphatic heterocycles. The summed E-state index contributed by atoms with van der Waals surface area (Å²) in [7, 11) is 0. The standard InChI is InChI=1S/C8H11N3/c1-6(2)11-5-7(3)10-8(11)4-9/h5-6H,1-3H3. The van der Waals surface area contributed by atoms with Gasteiger partial charge in [0.1, 0.15) is 6.07 Å². The van der Waals surface area contributed by atoms with Crippen LogP contribution >= 0.6 is 0 Å².